The number of nitrogens with zero attached hydrogens (tertiary/aromatic N) is 2. The summed E-state index contributed by atoms with van der Waals surface area (Å²) < 4.78 is 5.16. The number of benzene rings is 2. The molecule has 1 saturated heterocycles. The third kappa shape index (κ3) is 4.88. The molecule has 0 unspecified atom stereocenters. The van der Waals surface area contributed by atoms with E-state index in [9.17, 15) is 9.59 Å². The third-order valence-corrected chi connectivity index (χ3v) is 5.36. The highest BCUT2D eigenvalue weighted by atomic mass is 16.5. The van der Waals surface area contributed by atoms with E-state index in [0.29, 0.717) is 13.0 Å². The van der Waals surface area contributed by atoms with Crippen LogP contribution in [-0.4, -0.2) is 49.5 Å². The number of likely N-dealkylation sites (tertiary alicyclic amines) is 1. The van der Waals surface area contributed by atoms with Gasteiger partial charge in [0.2, 0.25) is 5.91 Å². The predicted molar refractivity (Wildman–Crippen MR) is 115 cm³/mol. The van der Waals surface area contributed by atoms with E-state index in [1.807, 2.05) is 48.5 Å². The zero-order chi connectivity index (χ0) is 20.8. The Bertz CT molecular complexity index is 829. The number of nitrogens with one attached hydrogen (secondary N) is 1. The molecule has 1 N–H and O–H groups in total. The van der Waals surface area contributed by atoms with Crippen LogP contribution in [0, 0.1) is 0 Å². The normalized spacial score (nSPS) is 16.2. The molecule has 1 heterocycles. The summed E-state index contributed by atoms with van der Waals surface area (Å²) in [6.07, 6.45) is 0.825. The first-order valence-electron chi connectivity index (χ1n) is 10.1. The molecule has 6 heteroatoms. The first kappa shape index (κ1) is 20.7. The van der Waals surface area contributed by atoms with Crippen molar-refractivity contribution in [2.24, 2.45) is 0 Å². The van der Waals surface area contributed by atoms with Crippen LogP contribution in [0.1, 0.15) is 25.8 Å². The topological polar surface area (TPSA) is 61.9 Å². The van der Waals surface area contributed by atoms with Crippen molar-refractivity contribution in [2.75, 3.05) is 37.0 Å². The molecule has 0 bridgehead atoms. The maximum Gasteiger partial charge on any atom is 0.252 e. The lowest BCUT2D eigenvalue weighted by molar-refractivity contribution is -0.138. The summed E-state index contributed by atoms with van der Waals surface area (Å²) in [6, 6.07) is 15.2. The molecule has 0 spiro atoms. The largest absolute Gasteiger partial charge is 0.497 e. The van der Waals surface area contributed by atoms with Crippen LogP contribution in [0.5, 0.6) is 5.75 Å². The van der Waals surface area contributed by atoms with Crippen molar-refractivity contribution < 1.29 is 14.3 Å². The van der Waals surface area contributed by atoms with Gasteiger partial charge in [0, 0.05) is 31.0 Å². The molecule has 1 fully saturated rings. The van der Waals surface area contributed by atoms with Crippen molar-refractivity contribution in [3.63, 3.8) is 0 Å². The van der Waals surface area contributed by atoms with Crippen LogP contribution in [0.4, 0.5) is 11.4 Å². The van der Waals surface area contributed by atoms with Gasteiger partial charge in [-0.3, -0.25) is 14.5 Å². The number of carbonyl (C=O) groups is 2. The van der Waals surface area contributed by atoms with Gasteiger partial charge in [0.05, 0.1) is 13.5 Å². The average molecular weight is 396 g/mol. The molecule has 154 valence electrons. The summed E-state index contributed by atoms with van der Waals surface area (Å²) in [6.45, 7) is 6.53. The number of hydrogen-bond acceptors (Lipinski definition) is 5. The van der Waals surface area contributed by atoms with Gasteiger partial charge in [0.15, 0.2) is 0 Å². The van der Waals surface area contributed by atoms with Crippen LogP contribution < -0.4 is 15.0 Å². The van der Waals surface area contributed by atoms with Crippen LogP contribution in [-0.2, 0) is 16.0 Å². The summed E-state index contributed by atoms with van der Waals surface area (Å²) in [5, 5.41) is 3.22. The van der Waals surface area contributed by atoms with Crippen LogP contribution in [0.3, 0.4) is 0 Å². The van der Waals surface area contributed by atoms with Crippen LogP contribution >= 0.6 is 0 Å². The number of anilines is 2. The van der Waals surface area contributed by atoms with Gasteiger partial charge in [-0.1, -0.05) is 12.1 Å². The van der Waals surface area contributed by atoms with Crippen molar-refractivity contribution in [3.05, 3.63) is 54.1 Å². The molecule has 6 nitrogen and oxygen atoms in total. The van der Waals surface area contributed by atoms with E-state index in [0.717, 1.165) is 35.8 Å². The number of methoxy groups -OCH3 is 1. The van der Waals surface area contributed by atoms with E-state index >= 15 is 0 Å². The smallest absolute Gasteiger partial charge is 0.252 e. The van der Waals surface area contributed by atoms with E-state index in [-0.39, 0.29) is 18.2 Å². The molecule has 2 aromatic rings. The zero-order valence-corrected chi connectivity index (χ0v) is 17.4. The van der Waals surface area contributed by atoms with E-state index in [1.54, 1.807) is 7.11 Å². The van der Waals surface area contributed by atoms with Gasteiger partial charge in [-0.2, -0.15) is 0 Å². The number of hydrogen-bond donors (Lipinski definition) is 1. The molecule has 0 radical (unpaired) electrons. The predicted octanol–water partition coefficient (Wildman–Crippen LogP) is 3.32. The number of imide groups is 1. The SMILES string of the molecule is CCN(CC)c1ccc(N[C@@H]2CC(=O)N(CCc3ccc(OC)cc3)C2=O)cc1. The lowest BCUT2D eigenvalue weighted by Gasteiger charge is -2.21. The summed E-state index contributed by atoms with van der Waals surface area (Å²) in [5.74, 6) is 0.510. The molecule has 3 rings (SSSR count). The van der Waals surface area contributed by atoms with Gasteiger partial charge in [-0.05, 0) is 62.2 Å². The highest BCUT2D eigenvalue weighted by molar-refractivity contribution is 6.06. The third-order valence-electron chi connectivity index (χ3n) is 5.36. The van der Waals surface area contributed by atoms with Crippen LogP contribution in [0.2, 0.25) is 0 Å². The Kier molecular flexibility index (Phi) is 6.75. The Balaban J connectivity index is 1.58. The summed E-state index contributed by atoms with van der Waals surface area (Å²) >= 11 is 0. The fraction of sp³-hybridized carbons (Fsp3) is 0.391. The first-order valence-corrected chi connectivity index (χ1v) is 10.1. The second-order valence-electron chi connectivity index (χ2n) is 7.10. The molecular formula is C23H29N3O3. The molecule has 1 aliphatic heterocycles. The van der Waals surface area contributed by atoms with Crippen molar-refractivity contribution in [1.82, 2.24) is 4.90 Å². The van der Waals surface area contributed by atoms with Crippen molar-refractivity contribution in [1.29, 1.82) is 0 Å². The van der Waals surface area contributed by atoms with Gasteiger partial charge in [0.25, 0.3) is 5.91 Å². The maximum atomic E-state index is 12.7. The Labute approximate surface area is 172 Å². The summed E-state index contributed by atoms with van der Waals surface area (Å²) in [5.41, 5.74) is 3.06. The monoisotopic (exact) mass is 395 g/mol. The minimum atomic E-state index is -0.502. The molecule has 1 aliphatic rings. The molecule has 0 aliphatic carbocycles. The summed E-state index contributed by atoms with van der Waals surface area (Å²) in [7, 11) is 1.63. The van der Waals surface area contributed by atoms with E-state index in [4.69, 9.17) is 4.74 Å². The fourth-order valence-corrected chi connectivity index (χ4v) is 3.62. The molecular weight excluding hydrogens is 366 g/mol. The van der Waals surface area contributed by atoms with Crippen LogP contribution in [0.25, 0.3) is 0 Å². The Morgan fingerprint density at radius 1 is 1.03 bits per heavy atom. The standard InChI is InChI=1S/C23H29N3O3/c1-4-25(5-2)19-10-8-18(9-11-19)24-21-16-22(27)26(23(21)28)15-14-17-6-12-20(29-3)13-7-17/h6-13,21,24H,4-5,14-16H2,1-3H3/t21-/m1/s1. The van der Waals surface area contributed by atoms with Crippen molar-refractivity contribution in [2.45, 2.75) is 32.7 Å². The fourth-order valence-electron chi connectivity index (χ4n) is 3.62. The van der Waals surface area contributed by atoms with Gasteiger partial charge >= 0.3 is 0 Å². The number of ether oxygens (including phenoxy) is 1. The Hall–Kier alpha value is -3.02. The quantitative estimate of drug-likeness (QED) is 0.660. The van der Waals surface area contributed by atoms with E-state index in [2.05, 4.69) is 24.1 Å². The first-order chi connectivity index (χ1) is 14.0. The lowest BCUT2D eigenvalue weighted by Crippen LogP contribution is -2.36. The van der Waals surface area contributed by atoms with E-state index in [1.165, 1.54) is 4.90 Å². The van der Waals surface area contributed by atoms with Gasteiger partial charge in [0.1, 0.15) is 11.8 Å². The number of amides is 2. The molecule has 1 atom stereocenters. The second kappa shape index (κ2) is 9.45. The minimum Gasteiger partial charge on any atom is -0.497 e. The number of rotatable bonds is 9. The highest BCUT2D eigenvalue weighted by Gasteiger charge is 2.38. The van der Waals surface area contributed by atoms with Crippen molar-refractivity contribution >= 4 is 23.2 Å². The lowest BCUT2D eigenvalue weighted by atomic mass is 10.1. The number of carbonyl (C=O) groups excluding carboxylic acids is 2. The van der Waals surface area contributed by atoms with E-state index < -0.39 is 6.04 Å². The zero-order valence-electron chi connectivity index (χ0n) is 17.4. The Morgan fingerprint density at radius 2 is 1.69 bits per heavy atom. The van der Waals surface area contributed by atoms with Gasteiger partial charge in [-0.25, -0.2) is 0 Å². The second-order valence-corrected chi connectivity index (χ2v) is 7.10. The molecule has 29 heavy (non-hydrogen) atoms. The minimum absolute atomic E-state index is 0.124. The Morgan fingerprint density at radius 3 is 2.28 bits per heavy atom. The molecule has 2 amide bonds. The molecule has 0 aromatic heterocycles. The molecule has 0 saturated carbocycles. The highest BCUT2D eigenvalue weighted by Crippen LogP contribution is 2.22. The summed E-state index contributed by atoms with van der Waals surface area (Å²) in [4.78, 5) is 28.7. The van der Waals surface area contributed by atoms with Crippen LogP contribution in [0.15, 0.2) is 48.5 Å². The van der Waals surface area contributed by atoms with Gasteiger partial charge in [-0.15, -0.1) is 0 Å². The maximum absolute atomic E-state index is 12.7. The van der Waals surface area contributed by atoms with Gasteiger partial charge < -0.3 is 15.0 Å². The molecule has 2 aromatic carbocycles. The average Bonchev–Trinajstić information content (AvgIpc) is 3.01. The van der Waals surface area contributed by atoms with Crippen molar-refractivity contribution in [3.8, 4) is 5.75 Å².